The van der Waals surface area contributed by atoms with Crippen LogP contribution in [0.2, 0.25) is 5.15 Å². The summed E-state index contributed by atoms with van der Waals surface area (Å²) in [6.45, 7) is 11.5. The molecule has 0 aliphatic rings. The van der Waals surface area contributed by atoms with Gasteiger partial charge in [-0.2, -0.15) is 5.26 Å². The molecule has 2 aromatic rings. The maximum Gasteiger partial charge on any atom is 0.348 e. The van der Waals surface area contributed by atoms with Gasteiger partial charge in [-0.1, -0.05) is 43.2 Å². The van der Waals surface area contributed by atoms with E-state index in [1.54, 1.807) is 6.92 Å². The SMILES string of the molecule is CCCCN(c1ccc(N=Nc2nc(Cl)c(/C=C(\C#N)C(=O)OCC)s2)c(C)c1)C(C)CC. The van der Waals surface area contributed by atoms with Crippen LogP contribution in [-0.2, 0) is 9.53 Å². The molecule has 0 bridgehead atoms. The van der Waals surface area contributed by atoms with Crippen LogP contribution in [0.1, 0.15) is 57.4 Å². The molecule has 0 amide bonds. The molecule has 2 rings (SSSR count). The van der Waals surface area contributed by atoms with E-state index in [1.807, 2.05) is 19.1 Å². The van der Waals surface area contributed by atoms with Crippen LogP contribution >= 0.6 is 22.9 Å². The number of carbonyl (C=O) groups excluding carboxylic acids is 1. The number of aryl methyl sites for hydroxylation is 1. The average molecular weight is 488 g/mol. The third kappa shape index (κ3) is 7.37. The van der Waals surface area contributed by atoms with Crippen molar-refractivity contribution in [3.05, 3.63) is 39.4 Å². The van der Waals surface area contributed by atoms with Crippen molar-refractivity contribution in [3.63, 3.8) is 0 Å². The van der Waals surface area contributed by atoms with E-state index in [-0.39, 0.29) is 17.3 Å². The van der Waals surface area contributed by atoms with E-state index in [9.17, 15) is 10.1 Å². The molecule has 1 atom stereocenters. The molecule has 0 N–H and O–H groups in total. The van der Waals surface area contributed by atoms with Crippen LogP contribution in [0.5, 0.6) is 0 Å². The van der Waals surface area contributed by atoms with Crippen LogP contribution in [-0.4, -0.2) is 30.1 Å². The fourth-order valence-electron chi connectivity index (χ4n) is 3.09. The fraction of sp³-hybridized carbons (Fsp3) is 0.458. The monoisotopic (exact) mass is 487 g/mol. The Bertz CT molecular complexity index is 1060. The van der Waals surface area contributed by atoms with Crippen LogP contribution in [0.4, 0.5) is 16.5 Å². The van der Waals surface area contributed by atoms with Gasteiger partial charge < -0.3 is 9.64 Å². The zero-order chi connectivity index (χ0) is 24.4. The lowest BCUT2D eigenvalue weighted by Crippen LogP contribution is -2.33. The zero-order valence-corrected chi connectivity index (χ0v) is 21.3. The van der Waals surface area contributed by atoms with Gasteiger partial charge in [-0.25, -0.2) is 9.78 Å². The minimum Gasteiger partial charge on any atom is -0.462 e. The largest absolute Gasteiger partial charge is 0.462 e. The standard InChI is InChI=1S/C24H30ClN5O2S/c1-6-9-12-30(17(5)7-2)19-10-11-20(16(4)13-19)28-29-24-27-22(25)21(33-24)14-18(15-26)23(31)32-8-3/h10-11,13-14,17H,6-9,12H2,1-5H3/b18-14+,29-28?. The highest BCUT2D eigenvalue weighted by Crippen LogP contribution is 2.33. The van der Waals surface area contributed by atoms with Crippen molar-refractivity contribution < 1.29 is 9.53 Å². The van der Waals surface area contributed by atoms with Gasteiger partial charge >= 0.3 is 5.97 Å². The van der Waals surface area contributed by atoms with Crippen LogP contribution < -0.4 is 4.90 Å². The zero-order valence-electron chi connectivity index (χ0n) is 19.8. The van der Waals surface area contributed by atoms with Gasteiger partial charge in [0, 0.05) is 18.3 Å². The molecule has 33 heavy (non-hydrogen) atoms. The predicted octanol–water partition coefficient (Wildman–Crippen LogP) is 7.40. The Morgan fingerprint density at radius 3 is 2.73 bits per heavy atom. The number of halogens is 1. The highest BCUT2D eigenvalue weighted by Gasteiger charge is 2.15. The summed E-state index contributed by atoms with van der Waals surface area (Å²) < 4.78 is 4.87. The number of unbranched alkanes of at least 4 members (excludes halogenated alkanes) is 1. The summed E-state index contributed by atoms with van der Waals surface area (Å²) in [4.78, 5) is 18.9. The second-order valence-electron chi connectivity index (χ2n) is 7.52. The lowest BCUT2D eigenvalue weighted by Gasteiger charge is -2.31. The number of aromatic nitrogens is 1. The lowest BCUT2D eigenvalue weighted by molar-refractivity contribution is -0.137. The highest BCUT2D eigenvalue weighted by atomic mass is 35.5. The third-order valence-electron chi connectivity index (χ3n) is 5.12. The number of benzene rings is 1. The van der Waals surface area contributed by atoms with Gasteiger partial charge in [-0.05, 0) is 63.5 Å². The highest BCUT2D eigenvalue weighted by molar-refractivity contribution is 7.16. The van der Waals surface area contributed by atoms with E-state index in [1.165, 1.54) is 11.8 Å². The minimum atomic E-state index is -0.700. The predicted molar refractivity (Wildman–Crippen MR) is 135 cm³/mol. The molecule has 1 aromatic carbocycles. The molecule has 7 nitrogen and oxygen atoms in total. The Labute approximate surface area is 204 Å². The third-order valence-corrected chi connectivity index (χ3v) is 6.41. The molecule has 0 saturated heterocycles. The van der Waals surface area contributed by atoms with Gasteiger partial charge in [0.25, 0.3) is 0 Å². The second kappa shape index (κ2) is 13.1. The number of hydrogen-bond donors (Lipinski definition) is 0. The molecule has 176 valence electrons. The quantitative estimate of drug-likeness (QED) is 0.142. The Morgan fingerprint density at radius 2 is 2.12 bits per heavy atom. The molecule has 0 aliphatic heterocycles. The normalized spacial score (nSPS) is 12.6. The molecule has 1 heterocycles. The van der Waals surface area contributed by atoms with E-state index < -0.39 is 5.97 Å². The molecule has 9 heteroatoms. The summed E-state index contributed by atoms with van der Waals surface area (Å²) in [6.07, 6.45) is 4.74. The van der Waals surface area contributed by atoms with Gasteiger partial charge in [0.2, 0.25) is 5.13 Å². The number of carbonyl (C=O) groups is 1. The molecule has 0 fully saturated rings. The van der Waals surface area contributed by atoms with Crippen molar-refractivity contribution in [3.8, 4) is 6.07 Å². The van der Waals surface area contributed by atoms with Crippen molar-refractivity contribution in [2.24, 2.45) is 10.2 Å². The van der Waals surface area contributed by atoms with Crippen molar-refractivity contribution in [1.82, 2.24) is 4.98 Å². The maximum absolute atomic E-state index is 11.8. The van der Waals surface area contributed by atoms with E-state index in [4.69, 9.17) is 16.3 Å². The number of nitrogens with zero attached hydrogens (tertiary/aromatic N) is 5. The first-order valence-corrected chi connectivity index (χ1v) is 12.3. The van der Waals surface area contributed by atoms with Crippen molar-refractivity contribution in [2.45, 2.75) is 59.9 Å². The van der Waals surface area contributed by atoms with E-state index in [2.05, 4.69) is 53.0 Å². The lowest BCUT2D eigenvalue weighted by atomic mass is 10.1. The summed E-state index contributed by atoms with van der Waals surface area (Å²) >= 11 is 7.31. The number of ether oxygens (including phenoxy) is 1. The Kier molecular flexibility index (Phi) is 10.5. The average Bonchev–Trinajstić information content (AvgIpc) is 3.15. The van der Waals surface area contributed by atoms with Gasteiger partial charge in [0.05, 0.1) is 17.2 Å². The Hall–Kier alpha value is -2.76. The van der Waals surface area contributed by atoms with E-state index >= 15 is 0 Å². The van der Waals surface area contributed by atoms with Crippen LogP contribution in [0.3, 0.4) is 0 Å². The van der Waals surface area contributed by atoms with Gasteiger partial charge in [0.1, 0.15) is 16.8 Å². The molecule has 0 aliphatic carbocycles. The smallest absolute Gasteiger partial charge is 0.348 e. The summed E-state index contributed by atoms with van der Waals surface area (Å²) in [6, 6.07) is 8.45. The van der Waals surface area contributed by atoms with Crippen LogP contribution in [0, 0.1) is 18.3 Å². The summed E-state index contributed by atoms with van der Waals surface area (Å²) in [7, 11) is 0. The Balaban J connectivity index is 2.24. The summed E-state index contributed by atoms with van der Waals surface area (Å²) in [5, 5.41) is 18.2. The molecule has 0 radical (unpaired) electrons. The van der Waals surface area contributed by atoms with Gasteiger partial charge in [0.15, 0.2) is 0 Å². The maximum atomic E-state index is 11.8. The van der Waals surface area contributed by atoms with Crippen LogP contribution in [0.25, 0.3) is 6.08 Å². The number of nitriles is 1. The number of azo groups is 1. The van der Waals surface area contributed by atoms with E-state index in [0.717, 1.165) is 48.4 Å². The topological polar surface area (TPSA) is 90.9 Å². The molecular weight excluding hydrogens is 458 g/mol. The number of esters is 1. The van der Waals surface area contributed by atoms with Gasteiger partial charge in [-0.3, -0.25) is 0 Å². The van der Waals surface area contributed by atoms with Crippen molar-refractivity contribution in [1.29, 1.82) is 5.26 Å². The summed E-state index contributed by atoms with van der Waals surface area (Å²) in [5.41, 5.74) is 2.79. The van der Waals surface area contributed by atoms with Gasteiger partial charge in [-0.15, -0.1) is 10.2 Å². The van der Waals surface area contributed by atoms with Crippen LogP contribution in [0.15, 0.2) is 34.0 Å². The van der Waals surface area contributed by atoms with Crippen molar-refractivity contribution in [2.75, 3.05) is 18.1 Å². The number of anilines is 1. The molecule has 0 spiro atoms. The molecular formula is C24H30ClN5O2S. The molecule has 1 unspecified atom stereocenters. The molecule has 1 aromatic heterocycles. The number of thiazole rings is 1. The first-order valence-electron chi connectivity index (χ1n) is 11.1. The minimum absolute atomic E-state index is 0.147. The first kappa shape index (κ1) is 26.5. The second-order valence-corrected chi connectivity index (χ2v) is 8.88. The number of rotatable bonds is 11. The summed E-state index contributed by atoms with van der Waals surface area (Å²) in [5.74, 6) is -0.700. The number of hydrogen-bond acceptors (Lipinski definition) is 8. The Morgan fingerprint density at radius 1 is 1.36 bits per heavy atom. The molecule has 0 saturated carbocycles. The fourth-order valence-corrected chi connectivity index (χ4v) is 4.11. The van der Waals surface area contributed by atoms with E-state index in [0.29, 0.717) is 16.1 Å². The first-order chi connectivity index (χ1) is 15.8. The van der Waals surface area contributed by atoms with Crippen molar-refractivity contribution >= 4 is 51.5 Å².